The molecule has 0 saturated heterocycles. The molecule has 0 fully saturated rings. The molecule has 42 heavy (non-hydrogen) atoms. The first-order valence-electron chi connectivity index (χ1n) is 14.0. The Balaban J connectivity index is 1.50. The second-order valence-corrected chi connectivity index (χ2v) is 10.4. The lowest BCUT2D eigenvalue weighted by atomic mass is 10.0. The molecule has 4 aromatic rings. The lowest BCUT2D eigenvalue weighted by Gasteiger charge is -2.25. The Labute approximate surface area is 244 Å². The molecule has 12 nitrogen and oxygen atoms in total. The van der Waals surface area contributed by atoms with Gasteiger partial charge in [0, 0.05) is 36.6 Å². The standard InChI is InChI=1S/C30H36N8O4/c1-20(2)27-29-35-28(21-7-5-4-6-8-21)36-38(29)15-16-42-24-17-22(9-10-23(24)41-3)30(40)33-13-14-37(19-26(39)34-27)18-25-31-11-12-32-25/h4-12,17,20,27H,13-16,18-19H2,1-3H3,(H,31,32)(H,33,40)(H,34,39)/t27-/m1/s1. The van der Waals surface area contributed by atoms with Gasteiger partial charge in [-0.1, -0.05) is 44.2 Å². The first kappa shape index (κ1) is 28.8. The molecular formula is C30H36N8O4. The van der Waals surface area contributed by atoms with E-state index in [4.69, 9.17) is 19.6 Å². The number of fused-ring (bicyclic) bond motifs is 3. The number of carbonyl (C=O) groups excluding carboxylic acids is 2. The molecule has 3 N–H and O–H groups in total. The number of aromatic amines is 1. The topological polar surface area (TPSA) is 139 Å². The summed E-state index contributed by atoms with van der Waals surface area (Å²) in [5.41, 5.74) is 1.32. The van der Waals surface area contributed by atoms with Crippen LogP contribution in [-0.4, -0.2) is 74.8 Å². The van der Waals surface area contributed by atoms with Gasteiger partial charge in [-0.3, -0.25) is 14.5 Å². The molecule has 1 atom stereocenters. The normalized spacial score (nSPS) is 17.1. The van der Waals surface area contributed by atoms with Crippen molar-refractivity contribution in [1.82, 2.24) is 40.3 Å². The Morgan fingerprint density at radius 1 is 1.10 bits per heavy atom. The molecular weight excluding hydrogens is 536 g/mol. The predicted molar refractivity (Wildman–Crippen MR) is 156 cm³/mol. The van der Waals surface area contributed by atoms with Gasteiger partial charge in [0.2, 0.25) is 5.91 Å². The van der Waals surface area contributed by atoms with E-state index in [0.717, 1.165) is 11.4 Å². The van der Waals surface area contributed by atoms with E-state index in [0.29, 0.717) is 54.9 Å². The Bertz CT molecular complexity index is 1490. The smallest absolute Gasteiger partial charge is 0.251 e. The molecule has 1 aliphatic heterocycles. The summed E-state index contributed by atoms with van der Waals surface area (Å²) in [6.45, 7) is 5.96. The van der Waals surface area contributed by atoms with Crippen LogP contribution < -0.4 is 20.1 Å². The zero-order chi connectivity index (χ0) is 29.5. The second kappa shape index (κ2) is 13.3. The molecule has 0 saturated carbocycles. The molecule has 220 valence electrons. The zero-order valence-electron chi connectivity index (χ0n) is 24.0. The van der Waals surface area contributed by atoms with Crippen molar-refractivity contribution in [2.75, 3.05) is 33.4 Å². The van der Waals surface area contributed by atoms with Crippen LogP contribution in [0.4, 0.5) is 0 Å². The van der Waals surface area contributed by atoms with E-state index in [1.165, 1.54) is 0 Å². The summed E-state index contributed by atoms with van der Waals surface area (Å²) in [5.74, 6) is 2.51. The summed E-state index contributed by atoms with van der Waals surface area (Å²) >= 11 is 0. The number of carbonyl (C=O) groups is 2. The van der Waals surface area contributed by atoms with Crippen LogP contribution in [-0.2, 0) is 17.9 Å². The van der Waals surface area contributed by atoms with Crippen molar-refractivity contribution in [1.29, 1.82) is 0 Å². The monoisotopic (exact) mass is 572 g/mol. The summed E-state index contributed by atoms with van der Waals surface area (Å²) < 4.78 is 13.4. The third kappa shape index (κ3) is 6.95. The minimum absolute atomic E-state index is 0.0260. The summed E-state index contributed by atoms with van der Waals surface area (Å²) in [6.07, 6.45) is 3.41. The van der Waals surface area contributed by atoms with Crippen LogP contribution in [0.2, 0.25) is 0 Å². The maximum atomic E-state index is 13.5. The molecule has 0 unspecified atom stereocenters. The molecule has 0 radical (unpaired) electrons. The number of hydrogen-bond acceptors (Lipinski definition) is 8. The van der Waals surface area contributed by atoms with E-state index in [2.05, 4.69) is 20.6 Å². The number of hydrogen-bond donors (Lipinski definition) is 3. The molecule has 2 bridgehead atoms. The van der Waals surface area contributed by atoms with Crippen molar-refractivity contribution in [2.45, 2.75) is 33.0 Å². The molecule has 2 aromatic heterocycles. The highest BCUT2D eigenvalue weighted by atomic mass is 16.5. The average Bonchev–Trinajstić information content (AvgIpc) is 3.66. The zero-order valence-corrected chi connectivity index (χ0v) is 24.0. The number of ether oxygens (including phenoxy) is 2. The van der Waals surface area contributed by atoms with Gasteiger partial charge in [-0.05, 0) is 24.1 Å². The van der Waals surface area contributed by atoms with Crippen molar-refractivity contribution in [3.8, 4) is 22.9 Å². The predicted octanol–water partition coefficient (Wildman–Crippen LogP) is 2.81. The van der Waals surface area contributed by atoms with Crippen molar-refractivity contribution in [3.63, 3.8) is 0 Å². The van der Waals surface area contributed by atoms with Gasteiger partial charge in [0.15, 0.2) is 23.1 Å². The quantitative estimate of drug-likeness (QED) is 0.332. The average molecular weight is 573 g/mol. The van der Waals surface area contributed by atoms with Crippen molar-refractivity contribution in [2.24, 2.45) is 5.92 Å². The number of aromatic nitrogens is 5. The van der Waals surface area contributed by atoms with Crippen LogP contribution in [0.3, 0.4) is 0 Å². The third-order valence-corrected chi connectivity index (χ3v) is 6.99. The summed E-state index contributed by atoms with van der Waals surface area (Å²) in [5, 5.41) is 10.9. The minimum Gasteiger partial charge on any atom is -0.493 e. The first-order chi connectivity index (χ1) is 20.4. The molecule has 12 heteroatoms. The van der Waals surface area contributed by atoms with E-state index < -0.39 is 6.04 Å². The second-order valence-electron chi connectivity index (χ2n) is 10.4. The van der Waals surface area contributed by atoms with E-state index in [1.807, 2.05) is 49.1 Å². The van der Waals surface area contributed by atoms with Gasteiger partial charge >= 0.3 is 0 Å². The van der Waals surface area contributed by atoms with Crippen LogP contribution in [0.5, 0.6) is 11.5 Å². The number of rotatable bonds is 5. The minimum atomic E-state index is -0.402. The van der Waals surface area contributed by atoms with Crippen LogP contribution >= 0.6 is 0 Å². The number of methoxy groups -OCH3 is 1. The fourth-order valence-corrected chi connectivity index (χ4v) is 4.82. The highest BCUT2D eigenvalue weighted by molar-refractivity contribution is 5.94. The largest absolute Gasteiger partial charge is 0.493 e. The molecule has 5 rings (SSSR count). The molecule has 0 aliphatic carbocycles. The fourth-order valence-electron chi connectivity index (χ4n) is 4.82. The van der Waals surface area contributed by atoms with Crippen LogP contribution in [0, 0.1) is 5.92 Å². The van der Waals surface area contributed by atoms with Gasteiger partial charge in [0.25, 0.3) is 5.91 Å². The SMILES string of the molecule is COc1ccc2cc1OCCn1nc(-c3ccccc3)nc1[C@@H](C(C)C)NC(=O)CN(Cc1ncc[nH]1)CCNC2=O. The number of benzene rings is 2. The Hall–Kier alpha value is -4.71. The van der Waals surface area contributed by atoms with E-state index in [-0.39, 0.29) is 30.9 Å². The van der Waals surface area contributed by atoms with Gasteiger partial charge in [-0.25, -0.2) is 14.6 Å². The highest BCUT2D eigenvalue weighted by Gasteiger charge is 2.27. The van der Waals surface area contributed by atoms with E-state index in [1.54, 1.807) is 42.4 Å². The van der Waals surface area contributed by atoms with Gasteiger partial charge < -0.3 is 25.1 Å². The van der Waals surface area contributed by atoms with Crippen molar-refractivity contribution < 1.29 is 19.1 Å². The molecule has 1 aliphatic rings. The number of imidazole rings is 1. The number of nitrogens with zero attached hydrogens (tertiary/aromatic N) is 5. The number of nitrogens with one attached hydrogen (secondary N) is 3. The molecule has 0 spiro atoms. The van der Waals surface area contributed by atoms with Gasteiger partial charge in [-0.15, -0.1) is 0 Å². The Kier molecular flexibility index (Phi) is 9.12. The first-order valence-corrected chi connectivity index (χ1v) is 14.0. The van der Waals surface area contributed by atoms with Gasteiger partial charge in [0.1, 0.15) is 12.4 Å². The Morgan fingerprint density at radius 3 is 2.67 bits per heavy atom. The van der Waals surface area contributed by atoms with Gasteiger partial charge in [-0.2, -0.15) is 5.10 Å². The lowest BCUT2D eigenvalue weighted by molar-refractivity contribution is -0.123. The van der Waals surface area contributed by atoms with Crippen molar-refractivity contribution in [3.05, 3.63) is 78.1 Å². The summed E-state index contributed by atoms with van der Waals surface area (Å²) in [6, 6.07) is 14.4. The Morgan fingerprint density at radius 2 is 1.93 bits per heavy atom. The fraction of sp³-hybridized carbons (Fsp3) is 0.367. The molecule has 2 amide bonds. The number of amides is 2. The highest BCUT2D eigenvalue weighted by Crippen LogP contribution is 2.29. The molecule has 2 aromatic carbocycles. The van der Waals surface area contributed by atoms with E-state index in [9.17, 15) is 9.59 Å². The van der Waals surface area contributed by atoms with Gasteiger partial charge in [0.05, 0.1) is 32.8 Å². The summed E-state index contributed by atoms with van der Waals surface area (Å²) in [4.78, 5) is 40.7. The van der Waals surface area contributed by atoms with Crippen molar-refractivity contribution >= 4 is 11.8 Å². The maximum Gasteiger partial charge on any atom is 0.251 e. The molecule has 3 heterocycles. The van der Waals surface area contributed by atoms with Crippen LogP contribution in [0.25, 0.3) is 11.4 Å². The maximum absolute atomic E-state index is 13.5. The van der Waals surface area contributed by atoms with Crippen LogP contribution in [0.15, 0.2) is 60.9 Å². The lowest BCUT2D eigenvalue weighted by Crippen LogP contribution is -2.43. The van der Waals surface area contributed by atoms with Crippen LogP contribution in [0.1, 0.15) is 41.9 Å². The number of H-pyrrole nitrogens is 1. The van der Waals surface area contributed by atoms with E-state index >= 15 is 0 Å². The third-order valence-electron chi connectivity index (χ3n) is 6.99. The summed E-state index contributed by atoms with van der Waals surface area (Å²) in [7, 11) is 1.56.